The van der Waals surface area contributed by atoms with E-state index in [-0.39, 0.29) is 29.8 Å². The number of rotatable bonds is 5. The van der Waals surface area contributed by atoms with Crippen molar-refractivity contribution in [2.45, 2.75) is 51.7 Å². The van der Waals surface area contributed by atoms with E-state index in [4.69, 9.17) is 18.6 Å². The lowest BCUT2D eigenvalue weighted by molar-refractivity contribution is -0.154. The Hall–Kier alpha value is -3.80. The van der Waals surface area contributed by atoms with Gasteiger partial charge in [-0.05, 0) is 36.8 Å². The second-order valence-corrected chi connectivity index (χ2v) is 9.79. The van der Waals surface area contributed by atoms with E-state index in [9.17, 15) is 9.59 Å². The minimum atomic E-state index is -0.668. The van der Waals surface area contributed by atoms with E-state index < -0.39 is 12.0 Å². The SMILES string of the molecule is COC(=O)c1oc(C(C)(C)C)cc1NC(=O)Nc1ccc(C#CCOC2CCCCO2)c2ccccc12. The molecular weight excluding hydrogens is 472 g/mol. The largest absolute Gasteiger partial charge is 0.463 e. The van der Waals surface area contributed by atoms with Gasteiger partial charge in [0.25, 0.3) is 0 Å². The van der Waals surface area contributed by atoms with E-state index in [2.05, 4.69) is 22.5 Å². The van der Waals surface area contributed by atoms with Crippen molar-refractivity contribution in [1.82, 2.24) is 0 Å². The third kappa shape index (κ3) is 6.50. The van der Waals surface area contributed by atoms with Crippen LogP contribution in [0.5, 0.6) is 0 Å². The maximum Gasteiger partial charge on any atom is 0.376 e. The molecule has 2 amide bonds. The molecule has 0 radical (unpaired) electrons. The van der Waals surface area contributed by atoms with Gasteiger partial charge in [-0.15, -0.1) is 0 Å². The van der Waals surface area contributed by atoms with E-state index in [1.807, 2.05) is 51.1 Å². The van der Waals surface area contributed by atoms with Crippen molar-refractivity contribution in [3.8, 4) is 11.8 Å². The van der Waals surface area contributed by atoms with Crippen LogP contribution in [0.3, 0.4) is 0 Å². The van der Waals surface area contributed by atoms with E-state index in [0.29, 0.717) is 11.4 Å². The maximum atomic E-state index is 12.9. The predicted molar refractivity (Wildman–Crippen MR) is 142 cm³/mol. The molecule has 3 aromatic rings. The molecule has 194 valence electrons. The molecule has 0 saturated carbocycles. The molecular formula is C29H32N2O6. The molecule has 4 rings (SSSR count). The van der Waals surface area contributed by atoms with E-state index in [1.165, 1.54) is 7.11 Å². The number of nitrogens with one attached hydrogen (secondary N) is 2. The molecule has 8 nitrogen and oxygen atoms in total. The van der Waals surface area contributed by atoms with Crippen LogP contribution in [0, 0.1) is 11.8 Å². The Morgan fingerprint density at radius 1 is 1.05 bits per heavy atom. The Morgan fingerprint density at radius 3 is 2.51 bits per heavy atom. The van der Waals surface area contributed by atoms with Gasteiger partial charge >= 0.3 is 12.0 Å². The molecule has 1 fully saturated rings. The predicted octanol–water partition coefficient (Wildman–Crippen LogP) is 6.06. The summed E-state index contributed by atoms with van der Waals surface area (Å²) in [5, 5.41) is 7.32. The number of furan rings is 1. The first-order valence-electron chi connectivity index (χ1n) is 12.3. The number of carbonyl (C=O) groups is 2. The van der Waals surface area contributed by atoms with Crippen molar-refractivity contribution < 1.29 is 28.2 Å². The minimum absolute atomic E-state index is 0.0566. The lowest BCUT2D eigenvalue weighted by Gasteiger charge is -2.21. The number of ether oxygens (including phenoxy) is 3. The number of fused-ring (bicyclic) bond motifs is 1. The summed E-state index contributed by atoms with van der Waals surface area (Å²) in [6.07, 6.45) is 2.89. The number of carbonyl (C=O) groups excluding carboxylic acids is 2. The van der Waals surface area contributed by atoms with Gasteiger partial charge in [0.1, 0.15) is 12.4 Å². The number of anilines is 2. The van der Waals surface area contributed by atoms with Crippen molar-refractivity contribution in [2.24, 2.45) is 0 Å². The molecule has 0 aliphatic carbocycles. The van der Waals surface area contributed by atoms with Gasteiger partial charge in [-0.1, -0.05) is 56.9 Å². The van der Waals surface area contributed by atoms with Crippen LogP contribution in [0.1, 0.15) is 61.9 Å². The molecule has 1 aromatic heterocycles. The smallest absolute Gasteiger partial charge is 0.376 e. The van der Waals surface area contributed by atoms with Gasteiger partial charge < -0.3 is 29.3 Å². The summed E-state index contributed by atoms with van der Waals surface area (Å²) in [6, 6.07) is 12.5. The average molecular weight is 505 g/mol. The second kappa shape index (κ2) is 11.5. The van der Waals surface area contributed by atoms with Gasteiger partial charge in [0.05, 0.1) is 18.5 Å². The number of esters is 1. The van der Waals surface area contributed by atoms with Crippen LogP contribution in [-0.4, -0.2) is 38.6 Å². The number of methoxy groups -OCH3 is 1. The van der Waals surface area contributed by atoms with Crippen molar-refractivity contribution in [3.05, 3.63) is 59.5 Å². The lowest BCUT2D eigenvalue weighted by atomic mass is 9.93. The molecule has 1 unspecified atom stereocenters. The molecule has 2 aromatic carbocycles. The molecule has 2 heterocycles. The number of hydrogen-bond donors (Lipinski definition) is 2. The zero-order valence-corrected chi connectivity index (χ0v) is 21.6. The Morgan fingerprint density at radius 2 is 1.81 bits per heavy atom. The fourth-order valence-corrected chi connectivity index (χ4v) is 4.00. The standard InChI is InChI=1S/C29H32N2O6/c1-29(2,3)24-18-23(26(37-24)27(32)34-4)31-28(33)30-22-15-14-19(20-11-5-6-12-21(20)22)10-9-17-36-25-13-7-8-16-35-25/h5-6,11-12,14-15,18,25H,7-8,13,16-17H2,1-4H3,(H2,30,31,33). The van der Waals surface area contributed by atoms with Crippen molar-refractivity contribution >= 4 is 34.1 Å². The quantitative estimate of drug-likeness (QED) is 0.324. The molecule has 2 N–H and O–H groups in total. The molecule has 1 aliphatic rings. The Bertz CT molecular complexity index is 1340. The summed E-state index contributed by atoms with van der Waals surface area (Å²) >= 11 is 0. The van der Waals surface area contributed by atoms with Gasteiger partial charge in [0.2, 0.25) is 5.76 Å². The highest BCUT2D eigenvalue weighted by Gasteiger charge is 2.26. The van der Waals surface area contributed by atoms with Crippen LogP contribution in [0.4, 0.5) is 16.2 Å². The minimum Gasteiger partial charge on any atom is -0.463 e. The summed E-state index contributed by atoms with van der Waals surface area (Å²) in [4.78, 5) is 25.1. The first-order valence-corrected chi connectivity index (χ1v) is 12.3. The van der Waals surface area contributed by atoms with E-state index in [1.54, 1.807) is 12.1 Å². The topological polar surface area (TPSA) is 99.0 Å². The van der Waals surface area contributed by atoms with Crippen molar-refractivity contribution in [3.63, 3.8) is 0 Å². The van der Waals surface area contributed by atoms with Crippen molar-refractivity contribution in [1.29, 1.82) is 0 Å². The highest BCUT2D eigenvalue weighted by molar-refractivity contribution is 6.09. The van der Waals surface area contributed by atoms with Crippen molar-refractivity contribution in [2.75, 3.05) is 31.0 Å². The highest BCUT2D eigenvalue weighted by atomic mass is 16.7. The van der Waals surface area contributed by atoms with Gasteiger partial charge in [0.15, 0.2) is 6.29 Å². The normalized spacial score (nSPS) is 15.5. The van der Waals surface area contributed by atoms with E-state index >= 15 is 0 Å². The molecule has 1 atom stereocenters. The molecule has 37 heavy (non-hydrogen) atoms. The maximum absolute atomic E-state index is 12.9. The summed E-state index contributed by atoms with van der Waals surface area (Å²) < 4.78 is 21.8. The fourth-order valence-electron chi connectivity index (χ4n) is 4.00. The van der Waals surface area contributed by atoms with Gasteiger partial charge in [-0.2, -0.15) is 0 Å². The lowest BCUT2D eigenvalue weighted by Crippen LogP contribution is -2.22. The summed E-state index contributed by atoms with van der Waals surface area (Å²) in [7, 11) is 1.26. The van der Waals surface area contributed by atoms with Crippen LogP contribution in [0.2, 0.25) is 0 Å². The third-order valence-electron chi connectivity index (χ3n) is 5.96. The monoisotopic (exact) mass is 504 g/mol. The summed E-state index contributed by atoms with van der Waals surface area (Å²) in [5.41, 5.74) is 1.31. The van der Waals surface area contributed by atoms with Crippen LogP contribution >= 0.6 is 0 Å². The van der Waals surface area contributed by atoms with Crippen LogP contribution in [0.15, 0.2) is 46.9 Å². The van der Waals surface area contributed by atoms with Crippen LogP contribution in [0.25, 0.3) is 10.8 Å². The second-order valence-electron chi connectivity index (χ2n) is 9.79. The summed E-state index contributed by atoms with van der Waals surface area (Å²) in [5.74, 6) is 6.06. The third-order valence-corrected chi connectivity index (χ3v) is 5.96. The average Bonchev–Trinajstić information content (AvgIpc) is 3.32. The first-order chi connectivity index (χ1) is 17.8. The van der Waals surface area contributed by atoms with Crippen LogP contribution in [-0.2, 0) is 19.6 Å². The number of benzene rings is 2. The van der Waals surface area contributed by atoms with Gasteiger partial charge in [-0.3, -0.25) is 0 Å². The Labute approximate surface area is 216 Å². The zero-order valence-electron chi connectivity index (χ0n) is 21.6. The zero-order chi connectivity index (χ0) is 26.4. The van der Waals surface area contributed by atoms with Gasteiger partial charge in [-0.25, -0.2) is 9.59 Å². The van der Waals surface area contributed by atoms with Gasteiger partial charge in [0, 0.05) is 29.0 Å². The fraction of sp³-hybridized carbons (Fsp3) is 0.379. The Balaban J connectivity index is 1.50. The molecule has 8 heteroatoms. The molecule has 1 aliphatic heterocycles. The molecule has 1 saturated heterocycles. The first kappa shape index (κ1) is 26.3. The van der Waals surface area contributed by atoms with E-state index in [0.717, 1.165) is 42.2 Å². The highest BCUT2D eigenvalue weighted by Crippen LogP contribution is 2.31. The number of hydrogen-bond acceptors (Lipinski definition) is 6. The number of urea groups is 1. The molecule has 0 spiro atoms. The number of amides is 2. The molecule has 0 bridgehead atoms. The van der Waals surface area contributed by atoms with Crippen LogP contribution < -0.4 is 10.6 Å². The summed E-state index contributed by atoms with van der Waals surface area (Å²) in [6.45, 7) is 6.86. The Kier molecular flexibility index (Phi) is 8.17.